The molecule has 30 heavy (non-hydrogen) atoms. The highest BCUT2D eigenvalue weighted by Crippen LogP contribution is 2.21. The molecule has 0 aliphatic rings. The molecule has 4 rings (SSSR count). The molecule has 1 atom stereocenters. The largest absolute Gasteiger partial charge is 0.480 e. The highest BCUT2D eigenvalue weighted by atomic mass is 16.4. The number of carboxylic acids is 1. The first kappa shape index (κ1) is 19.4. The van der Waals surface area contributed by atoms with Crippen molar-refractivity contribution in [1.29, 1.82) is 0 Å². The highest BCUT2D eigenvalue weighted by molar-refractivity contribution is 6.07. The second-order valence-corrected chi connectivity index (χ2v) is 7.16. The van der Waals surface area contributed by atoms with E-state index >= 15 is 0 Å². The third-order valence-corrected chi connectivity index (χ3v) is 5.14. The summed E-state index contributed by atoms with van der Waals surface area (Å²) in [5.41, 5.74) is 3.48. The Labute approximate surface area is 174 Å². The second-order valence-electron chi connectivity index (χ2n) is 7.16. The van der Waals surface area contributed by atoms with Crippen molar-refractivity contribution < 1.29 is 14.7 Å². The first-order valence-corrected chi connectivity index (χ1v) is 9.77. The third kappa shape index (κ3) is 4.23. The van der Waals surface area contributed by atoms with Crippen LogP contribution >= 0.6 is 0 Å². The Morgan fingerprint density at radius 1 is 0.733 bits per heavy atom. The molecule has 0 heterocycles. The maximum absolute atomic E-state index is 12.8. The summed E-state index contributed by atoms with van der Waals surface area (Å²) < 4.78 is 0. The standard InChI is InChI=1S/C26H21NO3/c28-25(23-12-6-10-21-9-4-5-11-22(21)23)27-24(26(29)30)17-18-13-15-20(16-14-18)19-7-2-1-3-8-19/h1-16,24H,17H2,(H,27,28)(H,29,30)/t24-/m0/s1. The van der Waals surface area contributed by atoms with Gasteiger partial charge in [-0.1, -0.05) is 91.0 Å². The van der Waals surface area contributed by atoms with Crippen LogP contribution in [-0.4, -0.2) is 23.0 Å². The van der Waals surface area contributed by atoms with Gasteiger partial charge in [0, 0.05) is 12.0 Å². The van der Waals surface area contributed by atoms with E-state index < -0.39 is 12.0 Å². The third-order valence-electron chi connectivity index (χ3n) is 5.14. The molecule has 0 aliphatic heterocycles. The molecular weight excluding hydrogens is 374 g/mol. The molecule has 0 spiro atoms. The minimum Gasteiger partial charge on any atom is -0.480 e. The van der Waals surface area contributed by atoms with E-state index in [-0.39, 0.29) is 12.3 Å². The number of carboxylic acid groups (broad SMARTS) is 1. The topological polar surface area (TPSA) is 66.4 Å². The van der Waals surface area contributed by atoms with Crippen LogP contribution in [0.1, 0.15) is 15.9 Å². The fraction of sp³-hybridized carbons (Fsp3) is 0.0769. The van der Waals surface area contributed by atoms with Gasteiger partial charge < -0.3 is 10.4 Å². The zero-order valence-electron chi connectivity index (χ0n) is 16.3. The number of carbonyl (C=O) groups excluding carboxylic acids is 1. The van der Waals surface area contributed by atoms with Gasteiger partial charge in [0.15, 0.2) is 0 Å². The molecule has 0 saturated heterocycles. The van der Waals surface area contributed by atoms with E-state index in [2.05, 4.69) is 5.32 Å². The van der Waals surface area contributed by atoms with E-state index in [0.717, 1.165) is 27.5 Å². The number of nitrogens with one attached hydrogen (secondary N) is 1. The monoisotopic (exact) mass is 395 g/mol. The Balaban J connectivity index is 1.52. The lowest BCUT2D eigenvalue weighted by Gasteiger charge is -2.16. The average molecular weight is 395 g/mol. The summed E-state index contributed by atoms with van der Waals surface area (Å²) in [4.78, 5) is 24.6. The minimum atomic E-state index is -1.06. The lowest BCUT2D eigenvalue weighted by Crippen LogP contribution is -2.42. The van der Waals surface area contributed by atoms with Crippen LogP contribution in [0.25, 0.3) is 21.9 Å². The first-order chi connectivity index (χ1) is 14.6. The molecule has 4 aromatic carbocycles. The number of fused-ring (bicyclic) bond motifs is 1. The van der Waals surface area contributed by atoms with Gasteiger partial charge >= 0.3 is 5.97 Å². The van der Waals surface area contributed by atoms with Crippen molar-refractivity contribution in [3.8, 4) is 11.1 Å². The van der Waals surface area contributed by atoms with Crippen molar-refractivity contribution in [1.82, 2.24) is 5.32 Å². The summed E-state index contributed by atoms with van der Waals surface area (Å²) in [6.07, 6.45) is 0.209. The molecular formula is C26H21NO3. The van der Waals surface area contributed by atoms with Gasteiger partial charge in [-0.2, -0.15) is 0 Å². The Bertz CT molecular complexity index is 1180. The Hall–Kier alpha value is -3.92. The predicted molar refractivity (Wildman–Crippen MR) is 118 cm³/mol. The van der Waals surface area contributed by atoms with Gasteiger partial charge in [-0.25, -0.2) is 4.79 Å². The molecule has 4 nitrogen and oxygen atoms in total. The molecule has 4 heteroatoms. The summed E-state index contributed by atoms with van der Waals surface area (Å²) >= 11 is 0. The maximum atomic E-state index is 12.8. The van der Waals surface area contributed by atoms with Gasteiger partial charge in [0.05, 0.1) is 0 Å². The van der Waals surface area contributed by atoms with E-state index in [1.165, 1.54) is 0 Å². The van der Waals surface area contributed by atoms with Crippen LogP contribution in [0.4, 0.5) is 0 Å². The van der Waals surface area contributed by atoms with Crippen LogP contribution in [0.15, 0.2) is 97.1 Å². The normalized spacial score (nSPS) is 11.7. The van der Waals surface area contributed by atoms with Crippen LogP contribution < -0.4 is 5.32 Å². The highest BCUT2D eigenvalue weighted by Gasteiger charge is 2.22. The number of carbonyl (C=O) groups is 2. The van der Waals surface area contributed by atoms with Gasteiger partial charge in [0.2, 0.25) is 0 Å². The van der Waals surface area contributed by atoms with Crippen LogP contribution in [-0.2, 0) is 11.2 Å². The van der Waals surface area contributed by atoms with Crippen molar-refractivity contribution in [3.63, 3.8) is 0 Å². The van der Waals surface area contributed by atoms with Crippen LogP contribution in [0.3, 0.4) is 0 Å². The average Bonchev–Trinajstić information content (AvgIpc) is 2.79. The number of rotatable bonds is 6. The molecule has 0 unspecified atom stereocenters. The van der Waals surface area contributed by atoms with Crippen molar-refractivity contribution in [2.75, 3.05) is 0 Å². The Morgan fingerprint density at radius 3 is 2.10 bits per heavy atom. The van der Waals surface area contributed by atoms with E-state index in [1.807, 2.05) is 84.9 Å². The van der Waals surface area contributed by atoms with Crippen LogP contribution in [0.2, 0.25) is 0 Å². The van der Waals surface area contributed by atoms with Crippen molar-refractivity contribution in [2.45, 2.75) is 12.5 Å². The van der Waals surface area contributed by atoms with E-state index in [4.69, 9.17) is 0 Å². The van der Waals surface area contributed by atoms with Crippen molar-refractivity contribution in [3.05, 3.63) is 108 Å². The maximum Gasteiger partial charge on any atom is 0.326 e. The van der Waals surface area contributed by atoms with Gasteiger partial charge in [-0.05, 0) is 33.5 Å². The second kappa shape index (κ2) is 8.62. The predicted octanol–water partition coefficient (Wildman–Crippen LogP) is 4.93. The van der Waals surface area contributed by atoms with E-state index in [1.54, 1.807) is 12.1 Å². The molecule has 148 valence electrons. The van der Waals surface area contributed by atoms with Crippen LogP contribution in [0.5, 0.6) is 0 Å². The van der Waals surface area contributed by atoms with E-state index in [9.17, 15) is 14.7 Å². The summed E-state index contributed by atoms with van der Waals surface area (Å²) in [5.74, 6) is -1.45. The van der Waals surface area contributed by atoms with E-state index in [0.29, 0.717) is 5.56 Å². The fourth-order valence-electron chi connectivity index (χ4n) is 3.56. The molecule has 0 bridgehead atoms. The molecule has 0 radical (unpaired) electrons. The molecule has 0 aromatic heterocycles. The fourth-order valence-corrected chi connectivity index (χ4v) is 3.56. The molecule has 4 aromatic rings. The van der Waals surface area contributed by atoms with Gasteiger partial charge in [0.1, 0.15) is 6.04 Å². The quantitative estimate of drug-likeness (QED) is 0.486. The summed E-state index contributed by atoms with van der Waals surface area (Å²) in [5, 5.41) is 14.1. The number of benzene rings is 4. The number of amides is 1. The van der Waals surface area contributed by atoms with Gasteiger partial charge in [0.25, 0.3) is 5.91 Å². The SMILES string of the molecule is O=C(N[C@@H](Cc1ccc(-c2ccccc2)cc1)C(=O)O)c1cccc2ccccc12. The van der Waals surface area contributed by atoms with Gasteiger partial charge in [-0.3, -0.25) is 4.79 Å². The minimum absolute atomic E-state index is 0.209. The lowest BCUT2D eigenvalue weighted by atomic mass is 10.00. The van der Waals surface area contributed by atoms with Crippen molar-refractivity contribution in [2.24, 2.45) is 0 Å². The number of aliphatic carboxylic acids is 1. The Kier molecular flexibility index (Phi) is 5.57. The summed E-state index contributed by atoms with van der Waals surface area (Å²) in [6, 6.07) is 29.7. The molecule has 0 saturated carbocycles. The number of hydrogen-bond acceptors (Lipinski definition) is 2. The zero-order chi connectivity index (χ0) is 20.9. The van der Waals surface area contributed by atoms with Crippen molar-refractivity contribution >= 4 is 22.6 Å². The number of hydrogen-bond donors (Lipinski definition) is 2. The molecule has 2 N–H and O–H groups in total. The van der Waals surface area contributed by atoms with Gasteiger partial charge in [-0.15, -0.1) is 0 Å². The van der Waals surface area contributed by atoms with Crippen LogP contribution in [0, 0.1) is 0 Å². The smallest absolute Gasteiger partial charge is 0.326 e. The molecule has 0 fully saturated rings. The summed E-state index contributed by atoms with van der Waals surface area (Å²) in [7, 11) is 0. The first-order valence-electron chi connectivity index (χ1n) is 9.77. The molecule has 0 aliphatic carbocycles. The zero-order valence-corrected chi connectivity index (χ0v) is 16.3. The lowest BCUT2D eigenvalue weighted by molar-refractivity contribution is -0.139. The Morgan fingerprint density at radius 2 is 1.37 bits per heavy atom. The summed E-state index contributed by atoms with van der Waals surface area (Å²) in [6.45, 7) is 0. The molecule has 1 amide bonds.